The van der Waals surface area contributed by atoms with E-state index in [-0.39, 0.29) is 11.8 Å². The number of rotatable bonds is 6. The minimum absolute atomic E-state index is 0.000506. The van der Waals surface area contributed by atoms with Crippen LogP contribution < -0.4 is 5.32 Å². The molecule has 1 aliphatic heterocycles. The number of nitrogens with one attached hydrogen (secondary N) is 1. The van der Waals surface area contributed by atoms with Gasteiger partial charge in [-0.15, -0.1) is 0 Å². The lowest BCUT2D eigenvalue weighted by Gasteiger charge is -2.30. The molecule has 0 unspecified atom stereocenters. The van der Waals surface area contributed by atoms with Crippen molar-refractivity contribution in [2.75, 3.05) is 25.9 Å². The summed E-state index contributed by atoms with van der Waals surface area (Å²) in [5.74, 6) is -0.186. The van der Waals surface area contributed by atoms with Crippen LogP contribution in [0.2, 0.25) is 0 Å². The van der Waals surface area contributed by atoms with E-state index in [1.165, 1.54) is 10.6 Å². The fourth-order valence-corrected chi connectivity index (χ4v) is 3.10. The topological polar surface area (TPSA) is 66.5 Å². The Hall–Kier alpha value is -0.620. The molecule has 106 valence electrons. The highest BCUT2D eigenvalue weighted by Gasteiger charge is 2.29. The first-order chi connectivity index (χ1) is 8.45. The smallest absolute Gasteiger partial charge is 0.224 e. The van der Waals surface area contributed by atoms with Crippen LogP contribution in [0, 0.1) is 5.92 Å². The number of nitrogens with zero attached hydrogens (tertiary/aromatic N) is 1. The summed E-state index contributed by atoms with van der Waals surface area (Å²) in [5.41, 5.74) is 0. The maximum Gasteiger partial charge on any atom is 0.224 e. The van der Waals surface area contributed by atoms with Crippen LogP contribution in [0.3, 0.4) is 0 Å². The van der Waals surface area contributed by atoms with Gasteiger partial charge in [0.05, 0.1) is 12.2 Å². The van der Waals surface area contributed by atoms with E-state index >= 15 is 0 Å². The molecule has 1 amide bonds. The Balaban J connectivity index is 2.39. The SMILES string of the molecule is CCCCCNC(=O)[C@@H]1CCCN(S(C)(=O)=O)C1. The monoisotopic (exact) mass is 276 g/mol. The van der Waals surface area contributed by atoms with Gasteiger partial charge in [0.1, 0.15) is 0 Å². The zero-order valence-corrected chi connectivity index (χ0v) is 12.1. The van der Waals surface area contributed by atoms with Gasteiger partial charge in [-0.3, -0.25) is 4.79 Å². The van der Waals surface area contributed by atoms with Crippen molar-refractivity contribution in [3.8, 4) is 0 Å². The zero-order chi connectivity index (χ0) is 13.6. The molecule has 0 aromatic rings. The summed E-state index contributed by atoms with van der Waals surface area (Å²) < 4.78 is 24.3. The van der Waals surface area contributed by atoms with Crippen molar-refractivity contribution in [1.82, 2.24) is 9.62 Å². The van der Waals surface area contributed by atoms with Crippen molar-refractivity contribution in [2.45, 2.75) is 39.0 Å². The number of sulfonamides is 1. The maximum atomic E-state index is 11.9. The van der Waals surface area contributed by atoms with Gasteiger partial charge in [0.2, 0.25) is 15.9 Å². The summed E-state index contributed by atoms with van der Waals surface area (Å²) in [7, 11) is -3.17. The number of hydrogen-bond donors (Lipinski definition) is 1. The van der Waals surface area contributed by atoms with Crippen molar-refractivity contribution in [3.63, 3.8) is 0 Å². The highest BCUT2D eigenvalue weighted by atomic mass is 32.2. The third kappa shape index (κ3) is 4.94. The molecule has 18 heavy (non-hydrogen) atoms. The van der Waals surface area contributed by atoms with Gasteiger partial charge in [-0.2, -0.15) is 0 Å². The Labute approximate surface area is 110 Å². The average molecular weight is 276 g/mol. The van der Waals surface area contributed by atoms with E-state index in [9.17, 15) is 13.2 Å². The van der Waals surface area contributed by atoms with Crippen LogP contribution in [0.1, 0.15) is 39.0 Å². The summed E-state index contributed by atoms with van der Waals surface area (Å²) in [5, 5.41) is 2.90. The van der Waals surface area contributed by atoms with E-state index in [1.807, 2.05) is 0 Å². The second-order valence-electron chi connectivity index (χ2n) is 4.96. The molecule has 1 aliphatic rings. The number of carbonyl (C=O) groups excluding carboxylic acids is 1. The molecule has 0 radical (unpaired) electrons. The number of amides is 1. The van der Waals surface area contributed by atoms with Gasteiger partial charge >= 0.3 is 0 Å². The first-order valence-electron chi connectivity index (χ1n) is 6.68. The van der Waals surface area contributed by atoms with Gasteiger partial charge in [0.25, 0.3) is 0 Å². The van der Waals surface area contributed by atoms with E-state index in [4.69, 9.17) is 0 Å². The van der Waals surface area contributed by atoms with Crippen molar-refractivity contribution in [1.29, 1.82) is 0 Å². The molecule has 0 saturated carbocycles. The fraction of sp³-hybridized carbons (Fsp3) is 0.917. The highest BCUT2D eigenvalue weighted by molar-refractivity contribution is 7.88. The first kappa shape index (κ1) is 15.4. The van der Waals surface area contributed by atoms with Crippen LogP contribution in [0.5, 0.6) is 0 Å². The molecule has 0 aromatic heterocycles. The predicted molar refractivity (Wildman–Crippen MR) is 71.7 cm³/mol. The van der Waals surface area contributed by atoms with Crippen LogP contribution in [-0.2, 0) is 14.8 Å². The second kappa shape index (κ2) is 7.09. The molecule has 1 N–H and O–H groups in total. The van der Waals surface area contributed by atoms with E-state index in [0.717, 1.165) is 32.1 Å². The number of carbonyl (C=O) groups is 1. The van der Waals surface area contributed by atoms with Crippen molar-refractivity contribution >= 4 is 15.9 Å². The summed E-state index contributed by atoms with van der Waals surface area (Å²) in [6.45, 7) is 3.69. The number of unbranched alkanes of at least 4 members (excludes halogenated alkanes) is 2. The summed E-state index contributed by atoms with van der Waals surface area (Å²) in [4.78, 5) is 11.9. The molecule has 0 aliphatic carbocycles. The molecule has 1 rings (SSSR count). The largest absolute Gasteiger partial charge is 0.356 e. The zero-order valence-electron chi connectivity index (χ0n) is 11.3. The molecule has 0 bridgehead atoms. The van der Waals surface area contributed by atoms with Gasteiger partial charge in [0, 0.05) is 19.6 Å². The van der Waals surface area contributed by atoms with Crippen LogP contribution in [0.4, 0.5) is 0 Å². The number of hydrogen-bond acceptors (Lipinski definition) is 3. The molecular formula is C12H24N2O3S. The second-order valence-corrected chi connectivity index (χ2v) is 6.94. The van der Waals surface area contributed by atoms with Gasteiger partial charge in [0.15, 0.2) is 0 Å². The highest BCUT2D eigenvalue weighted by Crippen LogP contribution is 2.18. The lowest BCUT2D eigenvalue weighted by molar-refractivity contribution is -0.126. The molecule has 1 atom stereocenters. The lowest BCUT2D eigenvalue weighted by atomic mass is 9.99. The van der Waals surface area contributed by atoms with E-state index in [1.54, 1.807) is 0 Å². The Morgan fingerprint density at radius 3 is 2.72 bits per heavy atom. The van der Waals surface area contributed by atoms with E-state index in [0.29, 0.717) is 19.6 Å². The molecule has 6 heteroatoms. The molecule has 5 nitrogen and oxygen atoms in total. The van der Waals surface area contributed by atoms with Gasteiger partial charge in [-0.05, 0) is 19.3 Å². The van der Waals surface area contributed by atoms with E-state index < -0.39 is 10.0 Å². The van der Waals surface area contributed by atoms with Crippen molar-refractivity contribution < 1.29 is 13.2 Å². The lowest BCUT2D eigenvalue weighted by Crippen LogP contribution is -2.45. The summed E-state index contributed by atoms with van der Waals surface area (Å²) in [6, 6.07) is 0. The number of piperidine rings is 1. The molecule has 0 aromatic carbocycles. The minimum atomic E-state index is -3.17. The third-order valence-corrected chi connectivity index (χ3v) is 4.57. The summed E-state index contributed by atoms with van der Waals surface area (Å²) >= 11 is 0. The quantitative estimate of drug-likeness (QED) is 0.735. The van der Waals surface area contributed by atoms with Gasteiger partial charge in [-0.1, -0.05) is 19.8 Å². The predicted octanol–water partition coefficient (Wildman–Crippen LogP) is 0.964. The van der Waals surface area contributed by atoms with Crippen molar-refractivity contribution in [2.24, 2.45) is 5.92 Å². The van der Waals surface area contributed by atoms with Crippen LogP contribution in [-0.4, -0.2) is 44.5 Å². The maximum absolute atomic E-state index is 11.9. The Morgan fingerprint density at radius 2 is 2.11 bits per heavy atom. The standard InChI is InChI=1S/C12H24N2O3S/c1-3-4-5-8-13-12(15)11-7-6-9-14(10-11)18(2,16)17/h11H,3-10H2,1-2H3,(H,13,15)/t11-/m1/s1. The average Bonchev–Trinajstić information content (AvgIpc) is 2.33. The third-order valence-electron chi connectivity index (χ3n) is 3.30. The van der Waals surface area contributed by atoms with Gasteiger partial charge < -0.3 is 5.32 Å². The van der Waals surface area contributed by atoms with Crippen molar-refractivity contribution in [3.05, 3.63) is 0 Å². The Bertz CT molecular complexity index is 368. The molecule has 1 fully saturated rings. The normalized spacial score (nSPS) is 21.8. The first-order valence-corrected chi connectivity index (χ1v) is 8.52. The van der Waals surface area contributed by atoms with Crippen LogP contribution in [0.15, 0.2) is 0 Å². The Morgan fingerprint density at radius 1 is 1.39 bits per heavy atom. The Kier molecular flexibility index (Phi) is 6.08. The summed E-state index contributed by atoms with van der Waals surface area (Å²) in [6.07, 6.45) is 5.98. The van der Waals surface area contributed by atoms with Crippen LogP contribution in [0.25, 0.3) is 0 Å². The van der Waals surface area contributed by atoms with Gasteiger partial charge in [-0.25, -0.2) is 12.7 Å². The molecule has 1 heterocycles. The van der Waals surface area contributed by atoms with E-state index in [2.05, 4.69) is 12.2 Å². The minimum Gasteiger partial charge on any atom is -0.356 e. The molecule has 0 spiro atoms. The fourth-order valence-electron chi connectivity index (χ4n) is 2.19. The van der Waals surface area contributed by atoms with Crippen LogP contribution >= 0.6 is 0 Å². The molecule has 1 saturated heterocycles. The molecular weight excluding hydrogens is 252 g/mol.